The van der Waals surface area contributed by atoms with Crippen molar-refractivity contribution < 1.29 is 0 Å². The summed E-state index contributed by atoms with van der Waals surface area (Å²) in [6, 6.07) is 59.8. The minimum Gasteiger partial charge on any atom is -0.247 e. The van der Waals surface area contributed by atoms with E-state index in [4.69, 9.17) is 4.99 Å². The number of rotatable bonds is 3. The van der Waals surface area contributed by atoms with E-state index in [1.54, 1.807) is 0 Å². The van der Waals surface area contributed by atoms with Gasteiger partial charge in [-0.2, -0.15) is 0 Å². The van der Waals surface area contributed by atoms with E-state index in [1.165, 1.54) is 92.8 Å². The smallest absolute Gasteiger partial charge is 0.0798 e. The van der Waals surface area contributed by atoms with Gasteiger partial charge in [0.1, 0.15) is 0 Å². The van der Waals surface area contributed by atoms with Gasteiger partial charge in [0, 0.05) is 22.3 Å². The third-order valence-electron chi connectivity index (χ3n) is 11.1. The molecule has 0 fully saturated rings. The standard InChI is InChI=1S/C50H31N/c1-2-13-33(14-3-1)46-40-18-8-10-20-42(40)47(43-21-11-9-19-41(43)46)34-24-22-31(23-25-34)35-26-28-38-37-16-6-7-17-39(37)49-48-36-15-5-4-12-32(36)27-29-45(48)51-50(49)44(38)30-35/h1-30,35H. The second-order valence-electron chi connectivity index (χ2n) is 13.8. The quantitative estimate of drug-likeness (QED) is 0.170. The number of hydrogen-bond acceptors (Lipinski definition) is 1. The van der Waals surface area contributed by atoms with E-state index in [9.17, 15) is 0 Å². The molecule has 1 nitrogen and oxygen atoms in total. The van der Waals surface area contributed by atoms with Crippen molar-refractivity contribution in [1.29, 1.82) is 0 Å². The molecule has 2 aliphatic rings. The van der Waals surface area contributed by atoms with Gasteiger partial charge in [-0.25, -0.2) is 4.99 Å². The summed E-state index contributed by atoms with van der Waals surface area (Å²) >= 11 is 0. The van der Waals surface area contributed by atoms with Gasteiger partial charge in [0.25, 0.3) is 0 Å². The fraction of sp³-hybridized carbons (Fsp3) is 0.0200. The average molecular weight is 646 g/mol. The lowest BCUT2D eigenvalue weighted by Crippen LogP contribution is -2.30. The number of hydrogen-bond donors (Lipinski definition) is 0. The first kappa shape index (κ1) is 28.3. The Kier molecular flexibility index (Phi) is 6.08. The van der Waals surface area contributed by atoms with Crippen molar-refractivity contribution in [2.24, 2.45) is 4.99 Å². The number of allylic oxidation sites excluding steroid dienone is 1. The highest BCUT2D eigenvalue weighted by molar-refractivity contribution is 6.21. The van der Waals surface area contributed by atoms with Crippen LogP contribution in [-0.2, 0) is 0 Å². The first-order valence-corrected chi connectivity index (χ1v) is 17.8. The molecule has 0 N–H and O–H groups in total. The molecule has 9 aromatic rings. The van der Waals surface area contributed by atoms with Gasteiger partial charge < -0.3 is 0 Å². The molecule has 9 aromatic carbocycles. The van der Waals surface area contributed by atoms with Crippen LogP contribution in [0, 0.1) is 0 Å². The summed E-state index contributed by atoms with van der Waals surface area (Å²) in [4.78, 5) is 5.33. The summed E-state index contributed by atoms with van der Waals surface area (Å²) in [5.74, 6) is 0.140. The Morgan fingerprint density at radius 1 is 0.392 bits per heavy atom. The highest BCUT2D eigenvalue weighted by atomic mass is 14.8. The lowest BCUT2D eigenvalue weighted by atomic mass is 9.84. The predicted molar refractivity (Wildman–Crippen MR) is 216 cm³/mol. The summed E-state index contributed by atoms with van der Waals surface area (Å²) in [7, 11) is 0. The molecule has 1 unspecified atom stereocenters. The van der Waals surface area contributed by atoms with Crippen molar-refractivity contribution in [2.75, 3.05) is 0 Å². The maximum atomic E-state index is 5.33. The summed E-state index contributed by atoms with van der Waals surface area (Å²) in [5.41, 5.74) is 11.2. The Balaban J connectivity index is 1.08. The summed E-state index contributed by atoms with van der Waals surface area (Å²) < 4.78 is 0. The minimum absolute atomic E-state index is 0.140. The van der Waals surface area contributed by atoms with Crippen molar-refractivity contribution in [3.8, 4) is 33.4 Å². The Hall–Kier alpha value is -6.57. The molecular formula is C50H31N. The molecule has 0 bridgehead atoms. The predicted octanol–water partition coefficient (Wildman–Crippen LogP) is 12.2. The molecule has 1 aliphatic carbocycles. The highest BCUT2D eigenvalue weighted by Gasteiger charge is 2.24. The normalized spacial score (nSPS) is 14.3. The molecule has 51 heavy (non-hydrogen) atoms. The second-order valence-corrected chi connectivity index (χ2v) is 13.8. The number of fused-ring (bicyclic) bond motifs is 12. The highest BCUT2D eigenvalue weighted by Crippen LogP contribution is 2.45. The Labute approximate surface area is 295 Å². The van der Waals surface area contributed by atoms with Crippen molar-refractivity contribution in [3.63, 3.8) is 0 Å². The van der Waals surface area contributed by atoms with Crippen LogP contribution in [0.4, 0.5) is 5.69 Å². The zero-order valence-electron chi connectivity index (χ0n) is 27.8. The van der Waals surface area contributed by atoms with Crippen molar-refractivity contribution >= 4 is 60.9 Å². The monoisotopic (exact) mass is 645 g/mol. The van der Waals surface area contributed by atoms with Crippen molar-refractivity contribution in [1.82, 2.24) is 0 Å². The Bertz CT molecular complexity index is 3000. The molecule has 0 aromatic heterocycles. The molecule has 0 saturated heterocycles. The maximum Gasteiger partial charge on any atom is 0.0798 e. The van der Waals surface area contributed by atoms with Crippen LogP contribution in [-0.4, -0.2) is 0 Å². The molecule has 1 heteroatoms. The topological polar surface area (TPSA) is 12.4 Å². The number of benzene rings is 9. The summed E-state index contributed by atoms with van der Waals surface area (Å²) in [5, 5.41) is 12.5. The molecular weight excluding hydrogens is 615 g/mol. The Morgan fingerprint density at radius 2 is 0.922 bits per heavy atom. The third kappa shape index (κ3) is 4.19. The van der Waals surface area contributed by atoms with E-state index in [2.05, 4.69) is 182 Å². The van der Waals surface area contributed by atoms with E-state index in [1.807, 2.05) is 0 Å². The molecule has 1 aliphatic heterocycles. The first-order valence-electron chi connectivity index (χ1n) is 17.8. The van der Waals surface area contributed by atoms with Crippen LogP contribution in [0.25, 0.3) is 88.6 Å². The van der Waals surface area contributed by atoms with Gasteiger partial charge in [0.2, 0.25) is 0 Å². The van der Waals surface area contributed by atoms with E-state index >= 15 is 0 Å². The number of nitrogens with zero attached hydrogens (tertiary/aromatic N) is 1. The van der Waals surface area contributed by atoms with E-state index in [0.717, 1.165) is 11.0 Å². The van der Waals surface area contributed by atoms with Crippen LogP contribution in [0.3, 0.4) is 0 Å². The zero-order chi connectivity index (χ0) is 33.5. The first-order chi connectivity index (χ1) is 25.3. The van der Waals surface area contributed by atoms with Crippen molar-refractivity contribution in [2.45, 2.75) is 5.92 Å². The van der Waals surface area contributed by atoms with Gasteiger partial charge in [-0.3, -0.25) is 0 Å². The largest absolute Gasteiger partial charge is 0.247 e. The molecule has 1 atom stereocenters. The van der Waals surface area contributed by atoms with E-state index in [-0.39, 0.29) is 5.92 Å². The molecule has 236 valence electrons. The Morgan fingerprint density at radius 3 is 1.57 bits per heavy atom. The molecule has 0 spiro atoms. The van der Waals surface area contributed by atoms with Gasteiger partial charge in [-0.05, 0) is 82.5 Å². The van der Waals surface area contributed by atoms with Crippen LogP contribution < -0.4 is 10.6 Å². The van der Waals surface area contributed by atoms with Crippen LogP contribution in [0.5, 0.6) is 0 Å². The van der Waals surface area contributed by atoms with Crippen molar-refractivity contribution in [3.05, 3.63) is 192 Å². The molecule has 0 amide bonds. The van der Waals surface area contributed by atoms with Gasteiger partial charge in [-0.15, -0.1) is 0 Å². The SMILES string of the molecule is C1=CC(c2ccc(-c3c4ccccc4c(-c4ccccc4)c4ccccc34)cc2)C=c2c1c1ccccc1c1c2=Nc2ccc3ccccc3c2-1. The van der Waals surface area contributed by atoms with E-state index < -0.39 is 0 Å². The van der Waals surface area contributed by atoms with Crippen LogP contribution in [0.15, 0.2) is 175 Å². The fourth-order valence-corrected chi connectivity index (χ4v) is 8.79. The van der Waals surface area contributed by atoms with Gasteiger partial charge in [-0.1, -0.05) is 176 Å². The summed E-state index contributed by atoms with van der Waals surface area (Å²) in [6.45, 7) is 0. The van der Waals surface area contributed by atoms with Crippen LogP contribution >= 0.6 is 0 Å². The zero-order valence-corrected chi connectivity index (χ0v) is 27.8. The molecule has 0 radical (unpaired) electrons. The maximum absolute atomic E-state index is 5.33. The van der Waals surface area contributed by atoms with E-state index in [0.29, 0.717) is 0 Å². The lowest BCUT2D eigenvalue weighted by molar-refractivity contribution is 1.13. The molecule has 0 saturated carbocycles. The molecule has 11 rings (SSSR count). The van der Waals surface area contributed by atoms with Gasteiger partial charge >= 0.3 is 0 Å². The second kappa shape index (κ2) is 11.0. The van der Waals surface area contributed by atoms with Crippen LogP contribution in [0.2, 0.25) is 0 Å². The molecule has 1 heterocycles. The minimum atomic E-state index is 0.140. The third-order valence-corrected chi connectivity index (χ3v) is 11.1. The average Bonchev–Trinajstić information content (AvgIpc) is 3.61. The van der Waals surface area contributed by atoms with Gasteiger partial charge in [0.05, 0.1) is 11.0 Å². The fourth-order valence-electron chi connectivity index (χ4n) is 8.79. The van der Waals surface area contributed by atoms with Gasteiger partial charge in [0.15, 0.2) is 0 Å². The lowest BCUT2D eigenvalue weighted by Gasteiger charge is -2.19. The summed E-state index contributed by atoms with van der Waals surface area (Å²) in [6.07, 6.45) is 7.12. The van der Waals surface area contributed by atoms with Crippen LogP contribution in [0.1, 0.15) is 17.0 Å².